The third-order valence-electron chi connectivity index (χ3n) is 18.8. The van der Waals surface area contributed by atoms with Crippen molar-refractivity contribution in [2.24, 2.45) is 4.99 Å². The van der Waals surface area contributed by atoms with Gasteiger partial charge in [0.15, 0.2) is 5.66 Å². The molecule has 0 spiro atoms. The van der Waals surface area contributed by atoms with Crippen molar-refractivity contribution in [2.45, 2.75) is 92.1 Å². The van der Waals surface area contributed by atoms with Crippen molar-refractivity contribution in [2.75, 3.05) is 125 Å². The number of aliphatic imine (C=N–C) groups is 1. The van der Waals surface area contributed by atoms with E-state index < -0.39 is 38.8 Å². The predicted molar refractivity (Wildman–Crippen MR) is 387 cm³/mol. The van der Waals surface area contributed by atoms with Crippen molar-refractivity contribution >= 4 is 91.1 Å². The molecule has 4 N–H and O–H groups in total. The number of hydrogen-bond acceptors (Lipinski definition) is 15. The van der Waals surface area contributed by atoms with E-state index in [-0.39, 0.29) is 54.0 Å². The quantitative estimate of drug-likeness (QED) is 0.0497. The number of benzene rings is 6. The number of aliphatic hydroxyl groups excluding tert-OH is 1. The molecule has 12 rings (SSSR count). The largest absolute Gasteiger partial charge is 0.493 e. The number of piperazine rings is 2. The number of hydrogen-bond donors (Lipinski definition) is 4. The number of amidine groups is 1. The average Bonchev–Trinajstić information content (AvgIpc) is 1.61. The summed E-state index contributed by atoms with van der Waals surface area (Å²) in [7, 11) is -3.60. The molecule has 6 aromatic rings. The Balaban J connectivity index is 0.000000202. The molecule has 5 saturated heterocycles. The SMILES string of the molecule is CCOc1ccc(S(=O)(=O)N2CCCC2)cc1C1=NC(c2ccc(Cl)cc2)C(c2ccc(Cl)cc2)N1C(=O)N1CCN(CC(=O)NC(C)COC)CC1.CCOc1ccc(S(=O)N2CCCC2)cc1C1(C(=O)N2CCN(CCO)CC2)NC(c2ccc(Cl)cc2)C(c2ccc(Cl)cc2)N1. The van der Waals surface area contributed by atoms with Crippen molar-refractivity contribution < 1.29 is 46.3 Å². The Kier molecular flexibility index (Phi) is 25.2. The molecule has 6 unspecified atom stereocenters. The number of rotatable bonds is 22. The summed E-state index contributed by atoms with van der Waals surface area (Å²) in [5.41, 5.74) is 3.08. The van der Waals surface area contributed by atoms with E-state index in [4.69, 9.17) is 65.6 Å². The Bertz CT molecular complexity index is 3880. The summed E-state index contributed by atoms with van der Waals surface area (Å²) in [6, 6.07) is 38.0. The van der Waals surface area contributed by atoms with Gasteiger partial charge in [-0.3, -0.25) is 39.9 Å². The number of urea groups is 1. The lowest BCUT2D eigenvalue weighted by Crippen LogP contribution is -2.62. The summed E-state index contributed by atoms with van der Waals surface area (Å²) < 4.78 is 62.4. The first-order valence-corrected chi connectivity index (χ1v) is 38.0. The molecule has 0 aliphatic carbocycles. The van der Waals surface area contributed by atoms with Crippen LogP contribution in [-0.2, 0) is 41.0 Å². The topological polar surface area (TPSA) is 221 Å². The van der Waals surface area contributed by atoms with Crippen molar-refractivity contribution in [3.8, 4) is 11.5 Å². The first-order chi connectivity index (χ1) is 47.8. The Morgan fingerprint density at radius 3 is 1.70 bits per heavy atom. The van der Waals surface area contributed by atoms with E-state index in [2.05, 4.69) is 20.9 Å². The van der Waals surface area contributed by atoms with E-state index in [1.165, 1.54) is 4.31 Å². The van der Waals surface area contributed by atoms with E-state index >= 15 is 9.59 Å². The molecule has 6 aromatic carbocycles. The van der Waals surface area contributed by atoms with Crippen LogP contribution in [0.1, 0.15) is 104 Å². The number of sulfonamides is 1. The van der Waals surface area contributed by atoms with Crippen molar-refractivity contribution in [3.05, 3.63) is 187 Å². The highest BCUT2D eigenvalue weighted by Gasteiger charge is 2.55. The predicted octanol–water partition coefficient (Wildman–Crippen LogP) is 10.1. The molecule has 0 bridgehead atoms. The maximum atomic E-state index is 15.1. The number of halogens is 4. The highest BCUT2D eigenvalue weighted by molar-refractivity contribution is 7.89. The third-order valence-corrected chi connectivity index (χ3v) is 23.2. The van der Waals surface area contributed by atoms with Gasteiger partial charge < -0.3 is 34.4 Å². The smallest absolute Gasteiger partial charge is 0.326 e. The van der Waals surface area contributed by atoms with Gasteiger partial charge in [0.1, 0.15) is 34.4 Å². The first-order valence-electron chi connectivity index (χ1n) is 33.9. The molecule has 99 heavy (non-hydrogen) atoms. The molecule has 6 aliphatic rings. The Hall–Kier alpha value is -6.26. The standard InChI is InChI=1S/C38H46Cl2N6O6S.C34H41Cl2N5O4S/c1-4-52-33-16-15-31(53(49,50)45-17-5-6-18-45)23-32(33)37-42-35(27-7-11-29(39)12-8-27)36(28-9-13-30(40)14-10-28)46(37)38(48)44-21-19-43(20-22-44)24-34(47)41-26(2)25-51-3;1-2-45-30-14-13-28(46(44)41-15-3-4-16-41)23-29(30)34(33(43)40-19-17-39(18-20-40)21-22-42)37-31(24-5-9-26(35)10-6-24)32(38-34)25-7-11-27(36)12-8-25/h7-16,23,26,35-36H,4-6,17-22,24-25H2,1-3H3,(H,41,47);5-14,23,31-32,37-38,42H,2-4,15-22H2,1H3. The molecule has 4 amide bonds. The lowest BCUT2D eigenvalue weighted by molar-refractivity contribution is -0.141. The van der Waals surface area contributed by atoms with Crippen molar-refractivity contribution in [1.29, 1.82) is 0 Å². The second-order valence-corrected chi connectivity index (χ2v) is 30.6. The van der Waals surface area contributed by atoms with Gasteiger partial charge >= 0.3 is 6.03 Å². The Labute approximate surface area is 603 Å². The number of nitrogens with zero attached hydrogens (tertiary/aromatic N) is 8. The molecule has 21 nitrogen and oxygen atoms in total. The zero-order valence-electron chi connectivity index (χ0n) is 56.2. The van der Waals surface area contributed by atoms with E-state index in [1.807, 2.05) is 126 Å². The molecule has 0 saturated carbocycles. The number of carbonyl (C=O) groups excluding carboxylic acids is 3. The van der Waals surface area contributed by atoms with E-state index in [9.17, 15) is 22.5 Å². The van der Waals surface area contributed by atoms with Crippen LogP contribution >= 0.6 is 46.4 Å². The first kappa shape index (κ1) is 73.9. The van der Waals surface area contributed by atoms with Gasteiger partial charge in [0, 0.05) is 124 Å². The number of methoxy groups -OCH3 is 1. The molecule has 5 fully saturated rings. The summed E-state index contributed by atoms with van der Waals surface area (Å²) in [5, 5.41) is 22.3. The minimum absolute atomic E-state index is 0.0746. The molecule has 0 aromatic heterocycles. The van der Waals surface area contributed by atoms with Crippen LogP contribution < -0.4 is 25.4 Å². The third kappa shape index (κ3) is 17.1. The van der Waals surface area contributed by atoms with Crippen molar-refractivity contribution in [3.63, 3.8) is 0 Å². The Morgan fingerprint density at radius 2 is 1.15 bits per heavy atom. The maximum absolute atomic E-state index is 15.1. The minimum atomic E-state index is -3.81. The van der Waals surface area contributed by atoms with Gasteiger partial charge in [-0.1, -0.05) is 94.9 Å². The number of ether oxygens (including phenoxy) is 3. The second kappa shape index (κ2) is 33.7. The maximum Gasteiger partial charge on any atom is 0.326 e. The average molecular weight is 1470 g/mol. The van der Waals surface area contributed by atoms with Crippen molar-refractivity contribution in [1.82, 2.24) is 49.1 Å². The second-order valence-electron chi connectivity index (χ2n) is 25.4. The fourth-order valence-corrected chi connectivity index (χ4v) is 17.2. The van der Waals surface area contributed by atoms with Crippen LogP contribution in [0.2, 0.25) is 20.1 Å². The van der Waals surface area contributed by atoms with Crippen LogP contribution in [0.5, 0.6) is 11.5 Å². The van der Waals surface area contributed by atoms with Gasteiger partial charge in [-0.05, 0) is 154 Å². The molecular formula is C72H87Cl4N11O10S2. The highest BCUT2D eigenvalue weighted by atomic mass is 35.5. The summed E-state index contributed by atoms with van der Waals surface area (Å²) in [6.07, 6.45) is 3.62. The van der Waals surface area contributed by atoms with E-state index in [0.717, 1.165) is 61.0 Å². The monoisotopic (exact) mass is 1470 g/mol. The van der Waals surface area contributed by atoms with Gasteiger partial charge in [-0.25, -0.2) is 21.7 Å². The molecule has 530 valence electrons. The van der Waals surface area contributed by atoms with Gasteiger partial charge in [-0.15, -0.1) is 0 Å². The molecular weight excluding hydrogens is 1380 g/mol. The fourth-order valence-electron chi connectivity index (χ4n) is 13.8. The molecule has 6 heterocycles. The molecule has 6 aliphatic heterocycles. The lowest BCUT2D eigenvalue weighted by atomic mass is 9.93. The van der Waals surface area contributed by atoms with Gasteiger partial charge in [0.05, 0.1) is 66.5 Å². The lowest BCUT2D eigenvalue weighted by Gasteiger charge is -2.40. The van der Waals surface area contributed by atoms with Crippen LogP contribution in [-0.4, -0.2) is 206 Å². The van der Waals surface area contributed by atoms with Crippen LogP contribution in [0.3, 0.4) is 0 Å². The van der Waals surface area contributed by atoms with Gasteiger partial charge in [0.25, 0.3) is 5.91 Å². The number of aliphatic hydroxyl groups is 1. The number of amides is 4. The highest BCUT2D eigenvalue weighted by Crippen LogP contribution is 2.48. The summed E-state index contributed by atoms with van der Waals surface area (Å²) in [5.74, 6) is 1.00. The zero-order valence-corrected chi connectivity index (χ0v) is 60.8. The molecule has 27 heteroatoms. The van der Waals surface area contributed by atoms with E-state index in [1.54, 1.807) is 59.4 Å². The summed E-state index contributed by atoms with van der Waals surface area (Å²) in [4.78, 5) is 58.3. The van der Waals surface area contributed by atoms with Crippen LogP contribution in [0.25, 0.3) is 0 Å². The van der Waals surface area contributed by atoms with E-state index in [0.29, 0.717) is 145 Å². The summed E-state index contributed by atoms with van der Waals surface area (Å²) in [6.45, 7) is 14.1. The fraction of sp³-hybridized carbons (Fsp3) is 0.444. The normalized spacial score (nSPS) is 22.4. The van der Waals surface area contributed by atoms with Gasteiger partial charge in [-0.2, -0.15) is 4.31 Å². The molecule has 6 atom stereocenters. The van der Waals surface area contributed by atoms with Crippen LogP contribution in [0.15, 0.2) is 148 Å². The summed E-state index contributed by atoms with van der Waals surface area (Å²) >= 11 is 25.3. The van der Waals surface area contributed by atoms with Crippen LogP contribution in [0, 0.1) is 0 Å². The number of carbonyl (C=O) groups is 3. The minimum Gasteiger partial charge on any atom is -0.493 e. The van der Waals surface area contributed by atoms with Gasteiger partial charge in [0.2, 0.25) is 15.9 Å². The molecule has 0 radical (unpaired) electrons. The Morgan fingerprint density at radius 1 is 0.646 bits per heavy atom. The number of nitrogens with one attached hydrogen (secondary N) is 3. The zero-order chi connectivity index (χ0) is 70.0. The van der Waals surface area contributed by atoms with Crippen LogP contribution in [0.4, 0.5) is 4.79 Å². The number of β-amino-alcohol motifs (C(OH)–C–C–N with tert-alkyl or cyclic N) is 1.